The zero-order valence-corrected chi connectivity index (χ0v) is 29.0. The predicted molar refractivity (Wildman–Crippen MR) is 192 cm³/mol. The molecule has 0 atom stereocenters. The predicted octanol–water partition coefficient (Wildman–Crippen LogP) is 5.79. The van der Waals surface area contributed by atoms with Gasteiger partial charge in [0.1, 0.15) is 34.9 Å². The minimum Gasteiger partial charge on any atom is -0.515 e. The van der Waals surface area contributed by atoms with Gasteiger partial charge in [-0.3, -0.25) is 13.9 Å². The third kappa shape index (κ3) is 9.16. The van der Waals surface area contributed by atoms with Gasteiger partial charge in [-0.1, -0.05) is 44.2 Å². The molecule has 0 amide bonds. The number of rotatable bonds is 10. The SMILES string of the molecule is CC.CN.COc1ccc(Cn2c(=O)c(C(=Nc3ccc(C)cc3F)N(C)C)c(/C(C)=C/O)n(-c3cccc(CCC=O)c3)c2=O)cc1. The molecule has 4 rings (SSSR count). The molecule has 3 N–H and O–H groups in total. The van der Waals surface area contributed by atoms with Crippen molar-refractivity contribution in [3.05, 3.63) is 128 Å². The van der Waals surface area contributed by atoms with Gasteiger partial charge >= 0.3 is 5.69 Å². The Hall–Kier alpha value is -5.29. The second-order valence-electron chi connectivity index (χ2n) is 10.6. The number of hydrogen-bond acceptors (Lipinski definition) is 7. The number of aliphatic hydroxyl groups excluding tert-OH is 1. The van der Waals surface area contributed by atoms with Crippen molar-refractivity contribution >= 4 is 23.4 Å². The molecule has 11 heteroatoms. The van der Waals surface area contributed by atoms with E-state index in [0.717, 1.165) is 22.7 Å². The van der Waals surface area contributed by atoms with Crippen molar-refractivity contribution in [1.82, 2.24) is 14.0 Å². The number of ether oxygens (including phenoxy) is 1. The molecule has 1 aromatic heterocycles. The second-order valence-corrected chi connectivity index (χ2v) is 10.6. The zero-order valence-electron chi connectivity index (χ0n) is 29.0. The number of carbonyl (C=O) groups is 1. The van der Waals surface area contributed by atoms with Crippen LogP contribution in [-0.4, -0.2) is 59.5 Å². The monoisotopic (exact) mass is 659 g/mol. The lowest BCUT2D eigenvalue weighted by molar-refractivity contribution is -0.107. The summed E-state index contributed by atoms with van der Waals surface area (Å²) in [6.45, 7) is 7.24. The molecule has 10 nitrogen and oxygen atoms in total. The lowest BCUT2D eigenvalue weighted by Crippen LogP contribution is -2.46. The number of nitrogens with two attached hydrogens (primary N) is 1. The normalized spacial score (nSPS) is 11.1. The standard InChI is InChI=1S/C34H35FN4O5.C2H6.CH5N/c1-22-11-16-29(28(35)18-22)36-32(37(3)4)30-31(23(2)21-41)39(26-10-6-8-24(19-26)9-7-17-40)34(43)38(33(30)42)20-25-12-14-27(44-5)15-13-25;2*1-2/h6,8,10-19,21,41H,7,9,20H2,1-5H3;1-2H3;2H2,1H3/b23-21+,36-32?;;. The first-order chi connectivity index (χ1) is 23.1. The molecular weight excluding hydrogens is 613 g/mol. The van der Waals surface area contributed by atoms with Crippen molar-refractivity contribution in [3.8, 4) is 11.4 Å². The Morgan fingerprint density at radius 3 is 2.25 bits per heavy atom. The van der Waals surface area contributed by atoms with Crippen LogP contribution in [-0.2, 0) is 17.8 Å². The topological polar surface area (TPSA) is 132 Å². The van der Waals surface area contributed by atoms with Gasteiger partial charge in [-0.2, -0.15) is 0 Å². The number of aryl methyl sites for hydroxylation is 2. The van der Waals surface area contributed by atoms with Gasteiger partial charge in [0.25, 0.3) is 5.56 Å². The average molecular weight is 660 g/mol. The number of hydrogen-bond donors (Lipinski definition) is 2. The number of amidine groups is 1. The average Bonchev–Trinajstić information content (AvgIpc) is 3.10. The second kappa shape index (κ2) is 18.8. The fraction of sp³-hybridized carbons (Fsp3) is 0.297. The smallest absolute Gasteiger partial charge is 0.336 e. The minimum absolute atomic E-state index is 0.00518. The van der Waals surface area contributed by atoms with Crippen molar-refractivity contribution in [2.24, 2.45) is 10.7 Å². The molecule has 0 aliphatic heterocycles. The number of allylic oxidation sites excluding steroid dienone is 1. The number of aldehydes is 1. The van der Waals surface area contributed by atoms with Crippen LogP contribution in [0.5, 0.6) is 5.75 Å². The van der Waals surface area contributed by atoms with Gasteiger partial charge in [0, 0.05) is 26.1 Å². The molecule has 3 aromatic carbocycles. The maximum absolute atomic E-state index is 15.0. The molecule has 0 fully saturated rings. The van der Waals surface area contributed by atoms with Gasteiger partial charge in [0.2, 0.25) is 0 Å². The third-order valence-corrected chi connectivity index (χ3v) is 7.10. The number of carbonyl (C=O) groups excluding carboxylic acids is 1. The molecule has 0 saturated carbocycles. The van der Waals surface area contributed by atoms with E-state index in [1.165, 1.54) is 23.7 Å². The number of aliphatic imine (C=N–C) groups is 1. The highest BCUT2D eigenvalue weighted by molar-refractivity contribution is 6.03. The first-order valence-corrected chi connectivity index (χ1v) is 15.6. The molecule has 48 heavy (non-hydrogen) atoms. The summed E-state index contributed by atoms with van der Waals surface area (Å²) in [6, 6.07) is 18.6. The number of halogens is 1. The summed E-state index contributed by atoms with van der Waals surface area (Å²) >= 11 is 0. The molecule has 0 aliphatic rings. The Morgan fingerprint density at radius 1 is 1.02 bits per heavy atom. The molecule has 0 bridgehead atoms. The Kier molecular flexibility index (Phi) is 15.2. The van der Waals surface area contributed by atoms with Crippen LogP contribution in [0.15, 0.2) is 87.6 Å². The quantitative estimate of drug-likeness (QED) is 0.0953. The van der Waals surface area contributed by atoms with E-state index in [1.54, 1.807) is 88.5 Å². The summed E-state index contributed by atoms with van der Waals surface area (Å²) in [5.41, 5.74) is 6.07. The summed E-state index contributed by atoms with van der Waals surface area (Å²) in [4.78, 5) is 45.9. The highest BCUT2D eigenvalue weighted by atomic mass is 19.1. The number of nitrogens with zero attached hydrogens (tertiary/aromatic N) is 4. The van der Waals surface area contributed by atoms with E-state index in [1.807, 2.05) is 19.9 Å². The van der Waals surface area contributed by atoms with E-state index >= 15 is 4.39 Å². The first kappa shape index (κ1) is 38.9. The Bertz CT molecular complexity index is 1860. The van der Waals surface area contributed by atoms with Crippen molar-refractivity contribution in [3.63, 3.8) is 0 Å². The number of methoxy groups -OCH3 is 1. The fourth-order valence-corrected chi connectivity index (χ4v) is 4.85. The van der Waals surface area contributed by atoms with E-state index < -0.39 is 17.1 Å². The van der Waals surface area contributed by atoms with E-state index in [4.69, 9.17) is 4.74 Å². The highest BCUT2D eigenvalue weighted by Gasteiger charge is 2.27. The molecular formula is C37H46FN5O5. The van der Waals surface area contributed by atoms with Crippen molar-refractivity contribution in [2.75, 3.05) is 28.3 Å². The lowest BCUT2D eigenvalue weighted by Gasteiger charge is -2.24. The van der Waals surface area contributed by atoms with Crippen molar-refractivity contribution in [1.29, 1.82) is 0 Å². The van der Waals surface area contributed by atoms with Crippen LogP contribution in [0.3, 0.4) is 0 Å². The number of aromatic nitrogens is 2. The van der Waals surface area contributed by atoms with Crippen LogP contribution in [0.2, 0.25) is 0 Å². The van der Waals surface area contributed by atoms with Crippen molar-refractivity contribution in [2.45, 2.75) is 47.1 Å². The van der Waals surface area contributed by atoms with Crippen LogP contribution in [0.1, 0.15) is 55.1 Å². The molecule has 0 aliphatic carbocycles. The van der Waals surface area contributed by atoms with Gasteiger partial charge in [0.15, 0.2) is 0 Å². The van der Waals surface area contributed by atoms with Crippen LogP contribution in [0.4, 0.5) is 10.1 Å². The summed E-state index contributed by atoms with van der Waals surface area (Å²) in [7, 11) is 6.37. The molecule has 0 radical (unpaired) electrons. The fourth-order valence-electron chi connectivity index (χ4n) is 4.85. The van der Waals surface area contributed by atoms with Gasteiger partial charge in [-0.15, -0.1) is 0 Å². The summed E-state index contributed by atoms with van der Waals surface area (Å²) in [6.07, 6.45) is 2.38. The van der Waals surface area contributed by atoms with Gasteiger partial charge in [-0.25, -0.2) is 14.2 Å². The summed E-state index contributed by atoms with van der Waals surface area (Å²) < 4.78 is 22.7. The first-order valence-electron chi connectivity index (χ1n) is 15.6. The molecule has 0 spiro atoms. The van der Waals surface area contributed by atoms with Gasteiger partial charge in [-0.05, 0) is 80.4 Å². The van der Waals surface area contributed by atoms with Crippen LogP contribution < -0.4 is 21.7 Å². The van der Waals surface area contributed by atoms with E-state index in [2.05, 4.69) is 10.7 Å². The van der Waals surface area contributed by atoms with E-state index in [0.29, 0.717) is 35.4 Å². The van der Waals surface area contributed by atoms with Crippen LogP contribution in [0.25, 0.3) is 11.3 Å². The molecule has 256 valence electrons. The Balaban J connectivity index is 0.00000193. The lowest BCUT2D eigenvalue weighted by atomic mass is 10.0. The van der Waals surface area contributed by atoms with Crippen molar-refractivity contribution < 1.29 is 19.0 Å². The minimum atomic E-state index is -0.671. The number of benzene rings is 3. The Labute approximate surface area is 281 Å². The molecule has 0 unspecified atom stereocenters. The third-order valence-electron chi connectivity index (χ3n) is 7.10. The van der Waals surface area contributed by atoms with Gasteiger partial charge < -0.3 is 25.3 Å². The van der Waals surface area contributed by atoms with Crippen LogP contribution in [0, 0.1) is 12.7 Å². The van der Waals surface area contributed by atoms with E-state index in [9.17, 15) is 19.5 Å². The Morgan fingerprint density at radius 2 is 1.69 bits per heavy atom. The summed E-state index contributed by atoms with van der Waals surface area (Å²) in [5.74, 6) is 0.130. The number of aliphatic hydroxyl groups is 1. The maximum Gasteiger partial charge on any atom is 0.336 e. The maximum atomic E-state index is 15.0. The van der Waals surface area contributed by atoms with E-state index in [-0.39, 0.29) is 34.9 Å². The van der Waals surface area contributed by atoms with Gasteiger partial charge in [0.05, 0.1) is 31.3 Å². The largest absolute Gasteiger partial charge is 0.515 e. The van der Waals surface area contributed by atoms with Crippen LogP contribution >= 0.6 is 0 Å². The molecule has 0 saturated heterocycles. The highest BCUT2D eigenvalue weighted by Crippen LogP contribution is 2.25. The zero-order chi connectivity index (χ0) is 36.0. The molecule has 4 aromatic rings. The molecule has 1 heterocycles. The summed E-state index contributed by atoms with van der Waals surface area (Å²) in [5, 5.41) is 10.2.